The van der Waals surface area contributed by atoms with Crippen LogP contribution in [0.25, 0.3) is 22.6 Å². The Labute approximate surface area is 201 Å². The fourth-order valence-corrected chi connectivity index (χ4v) is 4.93. The van der Waals surface area contributed by atoms with Crippen LogP contribution >= 0.6 is 43.5 Å². The van der Waals surface area contributed by atoms with Gasteiger partial charge in [-0.15, -0.1) is 0 Å². The van der Waals surface area contributed by atoms with E-state index in [4.69, 9.17) is 20.8 Å². The third-order valence-electron chi connectivity index (χ3n) is 4.74. The number of nitrogens with one attached hydrogen (secondary N) is 1. The first-order valence-corrected chi connectivity index (χ1v) is 11.3. The molecule has 0 aliphatic rings. The highest BCUT2D eigenvalue weighted by molar-refractivity contribution is 9.11. The Balaban J connectivity index is 1.71. The molecule has 0 fully saturated rings. The van der Waals surface area contributed by atoms with Crippen LogP contribution in [0.1, 0.15) is 21.5 Å². The smallest absolute Gasteiger partial charge is 0.259 e. The van der Waals surface area contributed by atoms with Gasteiger partial charge in [0.25, 0.3) is 5.91 Å². The SMILES string of the molecule is COc1c(Br)cc(Br)cc1C(=O)Nc1cc(-c2nc3cc(C)cc(C)c3o2)ccc1Cl. The van der Waals surface area contributed by atoms with Crippen LogP contribution in [0.15, 0.2) is 55.8 Å². The average molecular weight is 565 g/mol. The van der Waals surface area contributed by atoms with Crippen molar-refractivity contribution in [3.8, 4) is 17.2 Å². The molecule has 1 amide bonds. The molecule has 0 unspecified atom stereocenters. The number of anilines is 1. The number of hydrogen-bond donors (Lipinski definition) is 1. The number of hydrogen-bond acceptors (Lipinski definition) is 4. The molecule has 0 atom stereocenters. The summed E-state index contributed by atoms with van der Waals surface area (Å²) in [7, 11) is 1.51. The highest BCUT2D eigenvalue weighted by Crippen LogP contribution is 2.35. The minimum atomic E-state index is -0.359. The van der Waals surface area contributed by atoms with Gasteiger partial charge in [0, 0.05) is 10.0 Å². The van der Waals surface area contributed by atoms with Gasteiger partial charge < -0.3 is 14.5 Å². The zero-order chi connectivity index (χ0) is 22.3. The first-order valence-electron chi connectivity index (χ1n) is 9.29. The number of oxazole rings is 1. The summed E-state index contributed by atoms with van der Waals surface area (Å²) in [5.41, 5.74) is 5.17. The van der Waals surface area contributed by atoms with Gasteiger partial charge in [-0.25, -0.2) is 4.98 Å². The van der Waals surface area contributed by atoms with E-state index in [1.54, 1.807) is 30.3 Å². The monoisotopic (exact) mass is 562 g/mol. The van der Waals surface area contributed by atoms with Crippen molar-refractivity contribution in [2.45, 2.75) is 13.8 Å². The third-order valence-corrected chi connectivity index (χ3v) is 6.12. The Hall–Kier alpha value is -2.35. The summed E-state index contributed by atoms with van der Waals surface area (Å²) < 4.78 is 12.8. The summed E-state index contributed by atoms with van der Waals surface area (Å²) in [6, 6.07) is 12.8. The van der Waals surface area contributed by atoms with Crippen LogP contribution in [0.2, 0.25) is 5.02 Å². The first-order chi connectivity index (χ1) is 14.8. The quantitative estimate of drug-likeness (QED) is 0.278. The Kier molecular flexibility index (Phi) is 6.10. The van der Waals surface area contributed by atoms with Crippen molar-refractivity contribution >= 4 is 66.2 Å². The van der Waals surface area contributed by atoms with Crippen LogP contribution in [-0.2, 0) is 0 Å². The van der Waals surface area contributed by atoms with Gasteiger partial charge in [0.05, 0.1) is 27.9 Å². The zero-order valence-corrected chi connectivity index (χ0v) is 20.8. The van der Waals surface area contributed by atoms with Gasteiger partial charge >= 0.3 is 0 Å². The van der Waals surface area contributed by atoms with Gasteiger partial charge in [0.1, 0.15) is 11.3 Å². The van der Waals surface area contributed by atoms with Crippen molar-refractivity contribution in [2.75, 3.05) is 12.4 Å². The molecule has 0 bridgehead atoms. The highest BCUT2D eigenvalue weighted by Gasteiger charge is 2.19. The molecule has 3 aromatic carbocycles. The van der Waals surface area contributed by atoms with E-state index in [0.717, 1.165) is 26.7 Å². The van der Waals surface area contributed by atoms with Crippen molar-refractivity contribution < 1.29 is 13.9 Å². The number of ether oxygens (including phenoxy) is 1. The molecule has 1 heterocycles. The van der Waals surface area contributed by atoms with Gasteiger partial charge in [-0.05, 0) is 77.3 Å². The third kappa shape index (κ3) is 4.35. The van der Waals surface area contributed by atoms with E-state index in [-0.39, 0.29) is 5.91 Å². The Morgan fingerprint density at radius 3 is 2.65 bits per heavy atom. The molecule has 31 heavy (non-hydrogen) atoms. The second-order valence-corrected chi connectivity index (χ2v) is 9.24. The molecule has 0 saturated carbocycles. The molecule has 4 rings (SSSR count). The van der Waals surface area contributed by atoms with E-state index in [2.05, 4.69) is 42.2 Å². The molecular formula is C23H17Br2ClN2O3. The van der Waals surface area contributed by atoms with Gasteiger partial charge in [-0.2, -0.15) is 0 Å². The number of aryl methyl sites for hydroxylation is 2. The number of halogens is 3. The summed E-state index contributed by atoms with van der Waals surface area (Å²) in [6.07, 6.45) is 0. The summed E-state index contributed by atoms with van der Waals surface area (Å²) in [5, 5.41) is 3.25. The normalized spacial score (nSPS) is 11.0. The van der Waals surface area contributed by atoms with Crippen LogP contribution < -0.4 is 10.1 Å². The van der Waals surface area contributed by atoms with Crippen LogP contribution in [0, 0.1) is 13.8 Å². The predicted octanol–water partition coefficient (Wildman–Crippen LogP) is 7.55. The number of benzene rings is 3. The highest BCUT2D eigenvalue weighted by atomic mass is 79.9. The van der Waals surface area contributed by atoms with Gasteiger partial charge in [-0.1, -0.05) is 33.6 Å². The predicted molar refractivity (Wildman–Crippen MR) is 130 cm³/mol. The zero-order valence-electron chi connectivity index (χ0n) is 16.8. The number of amides is 1. The van der Waals surface area contributed by atoms with Crippen molar-refractivity contribution in [3.05, 3.63) is 73.1 Å². The number of methoxy groups -OCH3 is 1. The summed E-state index contributed by atoms with van der Waals surface area (Å²) >= 11 is 13.2. The van der Waals surface area contributed by atoms with E-state index < -0.39 is 0 Å². The molecule has 4 aromatic rings. The topological polar surface area (TPSA) is 64.4 Å². The number of carbonyl (C=O) groups excluding carboxylic acids is 1. The molecule has 0 spiro atoms. The molecule has 0 radical (unpaired) electrons. The summed E-state index contributed by atoms with van der Waals surface area (Å²) in [5.74, 6) is 0.526. The summed E-state index contributed by atoms with van der Waals surface area (Å²) in [6.45, 7) is 4.01. The van der Waals surface area contributed by atoms with E-state index in [1.165, 1.54) is 7.11 Å². The van der Waals surface area contributed by atoms with Gasteiger partial charge in [0.15, 0.2) is 5.58 Å². The van der Waals surface area contributed by atoms with Crippen molar-refractivity contribution in [1.82, 2.24) is 4.98 Å². The maximum absolute atomic E-state index is 13.0. The average Bonchev–Trinajstić information content (AvgIpc) is 3.13. The fraction of sp³-hybridized carbons (Fsp3) is 0.130. The van der Waals surface area contributed by atoms with Crippen molar-refractivity contribution in [1.29, 1.82) is 0 Å². The lowest BCUT2D eigenvalue weighted by atomic mass is 10.1. The lowest BCUT2D eigenvalue weighted by Gasteiger charge is -2.13. The van der Waals surface area contributed by atoms with E-state index in [0.29, 0.717) is 37.9 Å². The molecule has 1 aromatic heterocycles. The number of aromatic nitrogens is 1. The van der Waals surface area contributed by atoms with Gasteiger partial charge in [0.2, 0.25) is 5.89 Å². The minimum absolute atomic E-state index is 0.359. The van der Waals surface area contributed by atoms with Crippen LogP contribution in [-0.4, -0.2) is 18.0 Å². The van der Waals surface area contributed by atoms with E-state index >= 15 is 0 Å². The molecule has 0 aliphatic heterocycles. The van der Waals surface area contributed by atoms with Crippen LogP contribution in [0.5, 0.6) is 5.75 Å². The number of rotatable bonds is 4. The molecule has 0 aliphatic carbocycles. The van der Waals surface area contributed by atoms with Crippen molar-refractivity contribution in [3.63, 3.8) is 0 Å². The van der Waals surface area contributed by atoms with Gasteiger partial charge in [-0.3, -0.25) is 4.79 Å². The second kappa shape index (κ2) is 8.65. The molecule has 8 heteroatoms. The number of nitrogens with zero attached hydrogens (tertiary/aromatic N) is 1. The minimum Gasteiger partial charge on any atom is -0.495 e. The lowest BCUT2D eigenvalue weighted by Crippen LogP contribution is -2.14. The number of fused-ring (bicyclic) bond motifs is 1. The molecule has 1 N–H and O–H groups in total. The molecule has 0 saturated heterocycles. The fourth-order valence-electron chi connectivity index (χ4n) is 3.38. The molecular weight excluding hydrogens is 548 g/mol. The number of carbonyl (C=O) groups is 1. The van der Waals surface area contributed by atoms with Crippen LogP contribution in [0.3, 0.4) is 0 Å². The maximum atomic E-state index is 13.0. The molecule has 158 valence electrons. The van der Waals surface area contributed by atoms with E-state index in [1.807, 2.05) is 26.0 Å². The van der Waals surface area contributed by atoms with Crippen molar-refractivity contribution in [2.24, 2.45) is 0 Å². The van der Waals surface area contributed by atoms with E-state index in [9.17, 15) is 4.79 Å². The largest absolute Gasteiger partial charge is 0.495 e. The first kappa shape index (κ1) is 21.9. The van der Waals surface area contributed by atoms with Crippen LogP contribution in [0.4, 0.5) is 5.69 Å². The Bertz CT molecular complexity index is 1330. The Morgan fingerprint density at radius 1 is 1.13 bits per heavy atom. The maximum Gasteiger partial charge on any atom is 0.259 e. The Morgan fingerprint density at radius 2 is 1.90 bits per heavy atom. The second-order valence-electron chi connectivity index (χ2n) is 7.07. The standard InChI is InChI=1S/C23H17Br2ClN2O3/c1-11-6-12(2)20-19(7-11)28-23(31-20)13-4-5-17(26)18(8-13)27-22(29)15-9-14(24)10-16(25)21(15)30-3/h4-10H,1-3H3,(H,27,29). The summed E-state index contributed by atoms with van der Waals surface area (Å²) in [4.78, 5) is 17.6. The lowest BCUT2D eigenvalue weighted by molar-refractivity contribution is 0.102. The molecule has 5 nitrogen and oxygen atoms in total.